The maximum absolute atomic E-state index is 14.1. The first-order valence-electron chi connectivity index (χ1n) is 8.45. The zero-order valence-corrected chi connectivity index (χ0v) is 15.8. The summed E-state index contributed by atoms with van der Waals surface area (Å²) in [5.74, 6) is 0.766. The first-order chi connectivity index (χ1) is 12.6. The molecule has 2 aromatic carbocycles. The molecule has 1 amide bonds. The number of hydrogen-bond acceptors (Lipinski definition) is 4. The molecule has 1 saturated heterocycles. The Morgan fingerprint density at radius 3 is 2.96 bits per heavy atom. The van der Waals surface area contributed by atoms with Crippen LogP contribution in [-0.2, 0) is 4.74 Å². The van der Waals surface area contributed by atoms with Crippen LogP contribution in [-0.4, -0.2) is 25.8 Å². The maximum atomic E-state index is 14.1. The zero-order valence-electron chi connectivity index (χ0n) is 14.2. The molecule has 1 fully saturated rings. The van der Waals surface area contributed by atoms with Gasteiger partial charge < -0.3 is 19.7 Å². The minimum Gasteiger partial charge on any atom is -0.455 e. The third-order valence-corrected chi connectivity index (χ3v) is 5.50. The van der Waals surface area contributed by atoms with Gasteiger partial charge in [-0.15, -0.1) is 0 Å². The van der Waals surface area contributed by atoms with E-state index in [2.05, 4.69) is 26.1 Å². The molecule has 2 aromatic rings. The average molecular weight is 421 g/mol. The number of halogens is 2. The lowest BCUT2D eigenvalue weighted by atomic mass is 9.89. The number of methoxy groups -OCH3 is 1. The fourth-order valence-corrected chi connectivity index (χ4v) is 4.10. The van der Waals surface area contributed by atoms with E-state index in [-0.39, 0.29) is 17.9 Å². The van der Waals surface area contributed by atoms with Crippen LogP contribution in [0.2, 0.25) is 0 Å². The summed E-state index contributed by atoms with van der Waals surface area (Å²) in [6.07, 6.45) is 1.25. The van der Waals surface area contributed by atoms with Gasteiger partial charge in [-0.1, -0.05) is 18.2 Å². The van der Waals surface area contributed by atoms with E-state index < -0.39 is 6.09 Å². The van der Waals surface area contributed by atoms with Crippen molar-refractivity contribution in [3.63, 3.8) is 0 Å². The number of anilines is 1. The van der Waals surface area contributed by atoms with Gasteiger partial charge in [-0.05, 0) is 40.9 Å². The topological polar surface area (TPSA) is 50.8 Å². The van der Waals surface area contributed by atoms with Crippen molar-refractivity contribution in [1.29, 1.82) is 0 Å². The molecular formula is C19H18BrFN2O3. The standard InChI is InChI=1S/C19H18BrFN2O3/c1-25-19(24)22-14-6-4-8-23-15-9-12(20)13(21)10-17(15)26-16-7-3-2-5-11(16)18(14)23/h2-3,5,7,9-10,14,18H,4,6,8H2,1H3,(H,22,24)/t14-,18+/m1/s1. The average Bonchev–Trinajstić information content (AvgIpc) is 2.77. The molecule has 1 N–H and O–H groups in total. The summed E-state index contributed by atoms with van der Waals surface area (Å²) in [5.41, 5.74) is 1.76. The second-order valence-electron chi connectivity index (χ2n) is 6.40. The summed E-state index contributed by atoms with van der Waals surface area (Å²) in [5, 5.41) is 2.95. The molecule has 4 rings (SSSR count). The van der Waals surface area contributed by atoms with E-state index in [1.807, 2.05) is 24.3 Å². The van der Waals surface area contributed by atoms with E-state index in [1.54, 1.807) is 6.07 Å². The van der Waals surface area contributed by atoms with E-state index in [4.69, 9.17) is 9.47 Å². The molecule has 0 unspecified atom stereocenters. The largest absolute Gasteiger partial charge is 0.455 e. The number of alkyl carbamates (subject to hydrolysis) is 1. The second-order valence-corrected chi connectivity index (χ2v) is 7.25. The molecule has 2 heterocycles. The number of nitrogens with zero attached hydrogens (tertiary/aromatic N) is 1. The van der Waals surface area contributed by atoms with Gasteiger partial charge in [0.2, 0.25) is 0 Å². The van der Waals surface area contributed by atoms with Crippen LogP contribution in [0.25, 0.3) is 0 Å². The molecular weight excluding hydrogens is 403 g/mol. The van der Waals surface area contributed by atoms with Crippen LogP contribution >= 0.6 is 15.9 Å². The Balaban J connectivity index is 1.86. The summed E-state index contributed by atoms with van der Waals surface area (Å²) in [4.78, 5) is 14.0. The Morgan fingerprint density at radius 2 is 2.15 bits per heavy atom. The van der Waals surface area contributed by atoms with Crippen molar-refractivity contribution in [3.05, 3.63) is 52.3 Å². The van der Waals surface area contributed by atoms with Crippen LogP contribution in [0, 0.1) is 5.82 Å². The molecule has 26 heavy (non-hydrogen) atoms. The molecule has 136 valence electrons. The molecule has 2 atom stereocenters. The van der Waals surface area contributed by atoms with Crippen LogP contribution < -0.4 is 15.0 Å². The van der Waals surface area contributed by atoms with E-state index in [1.165, 1.54) is 13.2 Å². The third-order valence-electron chi connectivity index (χ3n) is 4.89. The Hall–Kier alpha value is -2.28. The quantitative estimate of drug-likeness (QED) is 0.722. The minimum absolute atomic E-state index is 0.127. The summed E-state index contributed by atoms with van der Waals surface area (Å²) in [7, 11) is 1.36. The monoisotopic (exact) mass is 420 g/mol. The predicted octanol–water partition coefficient (Wildman–Crippen LogP) is 4.76. The lowest BCUT2D eigenvalue weighted by molar-refractivity contribution is 0.161. The van der Waals surface area contributed by atoms with Gasteiger partial charge in [0.15, 0.2) is 5.75 Å². The van der Waals surface area contributed by atoms with Crippen LogP contribution in [0.5, 0.6) is 11.5 Å². The van der Waals surface area contributed by atoms with E-state index in [0.717, 1.165) is 30.6 Å². The van der Waals surface area contributed by atoms with Crippen molar-refractivity contribution in [2.45, 2.75) is 24.9 Å². The highest BCUT2D eigenvalue weighted by Gasteiger charge is 2.39. The summed E-state index contributed by atoms with van der Waals surface area (Å²) >= 11 is 3.27. The van der Waals surface area contributed by atoms with Crippen molar-refractivity contribution in [2.24, 2.45) is 0 Å². The number of carbonyl (C=O) groups excluding carboxylic acids is 1. The Morgan fingerprint density at radius 1 is 1.35 bits per heavy atom. The highest BCUT2D eigenvalue weighted by Crippen LogP contribution is 2.48. The fraction of sp³-hybridized carbons (Fsp3) is 0.316. The molecule has 0 aliphatic carbocycles. The van der Waals surface area contributed by atoms with Gasteiger partial charge in [0.1, 0.15) is 11.6 Å². The summed E-state index contributed by atoms with van der Waals surface area (Å²) < 4.78 is 25.4. The van der Waals surface area contributed by atoms with E-state index >= 15 is 0 Å². The van der Waals surface area contributed by atoms with Crippen LogP contribution in [0.1, 0.15) is 24.4 Å². The number of nitrogens with one attached hydrogen (secondary N) is 1. The lowest BCUT2D eigenvalue weighted by Crippen LogP contribution is -2.50. The van der Waals surface area contributed by atoms with Gasteiger partial charge >= 0.3 is 6.09 Å². The highest BCUT2D eigenvalue weighted by molar-refractivity contribution is 9.10. The van der Waals surface area contributed by atoms with Crippen molar-refractivity contribution < 1.29 is 18.7 Å². The van der Waals surface area contributed by atoms with Crippen molar-refractivity contribution in [2.75, 3.05) is 18.6 Å². The predicted molar refractivity (Wildman–Crippen MR) is 99.3 cm³/mol. The third kappa shape index (κ3) is 2.90. The van der Waals surface area contributed by atoms with Gasteiger partial charge in [0.25, 0.3) is 0 Å². The molecule has 2 aliphatic heterocycles. The fourth-order valence-electron chi connectivity index (χ4n) is 3.77. The van der Waals surface area contributed by atoms with Crippen LogP contribution in [0.3, 0.4) is 0 Å². The molecule has 0 saturated carbocycles. The molecule has 0 spiro atoms. The van der Waals surface area contributed by atoms with Crippen molar-refractivity contribution in [3.8, 4) is 11.5 Å². The normalized spacial score (nSPS) is 20.8. The molecule has 5 nitrogen and oxygen atoms in total. The van der Waals surface area contributed by atoms with Crippen molar-refractivity contribution in [1.82, 2.24) is 5.32 Å². The first kappa shape index (κ1) is 17.1. The number of para-hydroxylation sites is 1. The number of fused-ring (bicyclic) bond motifs is 5. The number of ether oxygens (including phenoxy) is 2. The van der Waals surface area contributed by atoms with Gasteiger partial charge in [-0.25, -0.2) is 9.18 Å². The Kier molecular flexibility index (Phi) is 4.48. The second kappa shape index (κ2) is 6.79. The number of piperidine rings is 1. The van der Waals surface area contributed by atoms with E-state index in [9.17, 15) is 9.18 Å². The SMILES string of the molecule is COC(=O)N[C@@H]1CCCN2c3cc(Br)c(F)cc3Oc3ccccc3[C@@H]12. The number of hydrogen-bond donors (Lipinski definition) is 1. The summed E-state index contributed by atoms with van der Waals surface area (Å²) in [6, 6.07) is 10.5. The van der Waals surface area contributed by atoms with E-state index in [0.29, 0.717) is 16.0 Å². The maximum Gasteiger partial charge on any atom is 0.407 e. The number of benzene rings is 2. The van der Waals surface area contributed by atoms with Crippen LogP contribution in [0.15, 0.2) is 40.9 Å². The number of amides is 1. The lowest BCUT2D eigenvalue weighted by Gasteiger charge is -2.42. The number of rotatable bonds is 1. The summed E-state index contributed by atoms with van der Waals surface area (Å²) in [6.45, 7) is 0.785. The first-order valence-corrected chi connectivity index (χ1v) is 9.24. The molecule has 0 bridgehead atoms. The zero-order chi connectivity index (χ0) is 18.3. The molecule has 7 heteroatoms. The molecule has 0 aromatic heterocycles. The highest BCUT2D eigenvalue weighted by atomic mass is 79.9. The van der Waals surface area contributed by atoms with Crippen molar-refractivity contribution >= 4 is 27.7 Å². The van der Waals surface area contributed by atoms with Gasteiger partial charge in [-0.3, -0.25) is 0 Å². The van der Waals surface area contributed by atoms with Gasteiger partial charge in [-0.2, -0.15) is 0 Å². The molecule has 0 radical (unpaired) electrons. The minimum atomic E-state index is -0.458. The number of carbonyl (C=O) groups is 1. The van der Waals surface area contributed by atoms with Crippen LogP contribution in [0.4, 0.5) is 14.9 Å². The molecule has 2 aliphatic rings. The Labute approximate surface area is 159 Å². The smallest absolute Gasteiger partial charge is 0.407 e. The van der Waals surface area contributed by atoms with Gasteiger partial charge in [0.05, 0.1) is 29.4 Å². The Bertz CT molecular complexity index is 861. The van der Waals surface area contributed by atoms with Gasteiger partial charge in [0, 0.05) is 18.2 Å².